The van der Waals surface area contributed by atoms with E-state index in [0.717, 1.165) is 12.1 Å². The molecule has 0 aliphatic carbocycles. The number of carbonyl (C=O) groups is 1. The van der Waals surface area contributed by atoms with E-state index in [1.165, 1.54) is 19.2 Å². The van der Waals surface area contributed by atoms with Crippen LogP contribution in [0.25, 0.3) is 0 Å². The molecule has 2 N–H and O–H groups in total. The number of ether oxygens (including phenoxy) is 1. The first-order valence-corrected chi connectivity index (χ1v) is 7.98. The van der Waals surface area contributed by atoms with E-state index in [1.807, 2.05) is 0 Å². The molecule has 0 aliphatic heterocycles. The van der Waals surface area contributed by atoms with Gasteiger partial charge < -0.3 is 15.4 Å². The molecule has 138 valence electrons. The minimum atomic E-state index is -0.772. The fourth-order valence-corrected chi connectivity index (χ4v) is 2.41. The highest BCUT2D eigenvalue weighted by atomic mass is 19.1. The molecule has 0 saturated heterocycles. The molecule has 0 unspecified atom stereocenters. The van der Waals surface area contributed by atoms with Gasteiger partial charge in [-0.2, -0.15) is 0 Å². The van der Waals surface area contributed by atoms with Gasteiger partial charge in [0.15, 0.2) is 0 Å². The number of hydrogen-bond acceptors (Lipinski definition) is 5. The van der Waals surface area contributed by atoms with Gasteiger partial charge in [-0.05, 0) is 31.2 Å². The maximum absolute atomic E-state index is 13.8. The zero-order chi connectivity index (χ0) is 19.4. The maximum Gasteiger partial charge on any atom is 0.274 e. The number of hydrogen-bond donors (Lipinski definition) is 2. The van der Waals surface area contributed by atoms with Crippen LogP contribution in [0.15, 0.2) is 48.5 Å². The molecule has 0 spiro atoms. The summed E-state index contributed by atoms with van der Waals surface area (Å²) >= 11 is 0. The summed E-state index contributed by atoms with van der Waals surface area (Å²) in [5.41, 5.74) is 0.601. The van der Waals surface area contributed by atoms with E-state index < -0.39 is 17.5 Å². The summed E-state index contributed by atoms with van der Waals surface area (Å²) in [6, 6.07) is 11.4. The van der Waals surface area contributed by atoms with Crippen molar-refractivity contribution in [2.24, 2.45) is 0 Å². The molecule has 1 aromatic heterocycles. The van der Waals surface area contributed by atoms with Crippen molar-refractivity contribution >= 4 is 23.1 Å². The summed E-state index contributed by atoms with van der Waals surface area (Å²) in [5, 5.41) is 5.43. The number of carbonyl (C=O) groups excluding carboxylic acids is 1. The molecule has 0 aliphatic rings. The molecule has 2 aromatic carbocycles. The molecule has 0 fully saturated rings. The predicted octanol–water partition coefficient (Wildman–Crippen LogP) is 4.07. The number of methoxy groups -OCH3 is 1. The van der Waals surface area contributed by atoms with Crippen LogP contribution in [0.2, 0.25) is 0 Å². The summed E-state index contributed by atoms with van der Waals surface area (Å²) in [7, 11) is 1.50. The van der Waals surface area contributed by atoms with Crippen LogP contribution in [0, 0.1) is 18.6 Å². The fraction of sp³-hybridized carbons (Fsp3) is 0.105. The van der Waals surface area contributed by atoms with Crippen LogP contribution in [-0.4, -0.2) is 23.0 Å². The average Bonchev–Trinajstić information content (AvgIpc) is 2.64. The zero-order valence-corrected chi connectivity index (χ0v) is 14.6. The second-order valence-corrected chi connectivity index (χ2v) is 5.59. The van der Waals surface area contributed by atoms with E-state index in [-0.39, 0.29) is 17.2 Å². The second kappa shape index (κ2) is 7.77. The van der Waals surface area contributed by atoms with E-state index in [1.54, 1.807) is 31.2 Å². The van der Waals surface area contributed by atoms with E-state index in [2.05, 4.69) is 20.6 Å². The van der Waals surface area contributed by atoms with Crippen LogP contribution < -0.4 is 15.4 Å². The minimum absolute atomic E-state index is 0.0330. The van der Waals surface area contributed by atoms with Gasteiger partial charge in [0.25, 0.3) is 5.91 Å². The Hall–Kier alpha value is -3.55. The van der Waals surface area contributed by atoms with Gasteiger partial charge in [-0.15, -0.1) is 0 Å². The molecular formula is C19H16F2N4O2. The average molecular weight is 370 g/mol. The minimum Gasteiger partial charge on any atom is -0.495 e. The Balaban J connectivity index is 1.85. The van der Waals surface area contributed by atoms with Crippen molar-refractivity contribution in [2.45, 2.75) is 6.92 Å². The highest BCUT2D eigenvalue weighted by molar-refractivity contribution is 6.04. The number of nitrogens with zero attached hydrogens (tertiary/aromatic N) is 2. The second-order valence-electron chi connectivity index (χ2n) is 5.59. The first kappa shape index (κ1) is 18.2. The Labute approximate surface area is 154 Å². The molecule has 8 heteroatoms. The largest absolute Gasteiger partial charge is 0.495 e. The third-order valence-electron chi connectivity index (χ3n) is 3.62. The SMILES string of the molecule is COc1ccccc1NC(=O)c1cc(Nc2ccc(F)cc2F)nc(C)n1. The normalized spacial score (nSPS) is 10.4. The predicted molar refractivity (Wildman–Crippen MR) is 97.4 cm³/mol. The number of rotatable bonds is 5. The van der Waals surface area contributed by atoms with Crippen molar-refractivity contribution in [3.63, 3.8) is 0 Å². The Morgan fingerprint density at radius 2 is 1.81 bits per heavy atom. The summed E-state index contributed by atoms with van der Waals surface area (Å²) in [6.07, 6.45) is 0. The maximum atomic E-state index is 13.8. The van der Waals surface area contributed by atoms with E-state index in [4.69, 9.17) is 4.74 Å². The molecule has 1 heterocycles. The molecular weight excluding hydrogens is 354 g/mol. The van der Waals surface area contributed by atoms with Gasteiger partial charge in [-0.3, -0.25) is 4.79 Å². The molecule has 27 heavy (non-hydrogen) atoms. The smallest absolute Gasteiger partial charge is 0.274 e. The van der Waals surface area contributed by atoms with Crippen LogP contribution in [0.1, 0.15) is 16.3 Å². The fourth-order valence-electron chi connectivity index (χ4n) is 2.41. The first-order chi connectivity index (χ1) is 13.0. The zero-order valence-electron chi connectivity index (χ0n) is 14.6. The quantitative estimate of drug-likeness (QED) is 0.708. The molecule has 0 radical (unpaired) electrons. The number of anilines is 3. The van der Waals surface area contributed by atoms with Crippen molar-refractivity contribution in [3.05, 3.63) is 71.7 Å². The lowest BCUT2D eigenvalue weighted by molar-refractivity contribution is 0.102. The van der Waals surface area contributed by atoms with Gasteiger partial charge in [0.05, 0.1) is 18.5 Å². The number of amides is 1. The van der Waals surface area contributed by atoms with Gasteiger partial charge in [-0.1, -0.05) is 12.1 Å². The summed E-state index contributed by atoms with van der Waals surface area (Å²) < 4.78 is 32.1. The van der Waals surface area contributed by atoms with E-state index in [9.17, 15) is 13.6 Å². The standard InChI is InChI=1S/C19H16F2N4O2/c1-11-22-16(19(26)25-15-5-3-4-6-17(15)27-2)10-18(23-11)24-14-8-7-12(20)9-13(14)21/h3-10H,1-2H3,(H,25,26)(H,22,23,24). The van der Waals surface area contributed by atoms with Crippen LogP contribution in [-0.2, 0) is 0 Å². The van der Waals surface area contributed by atoms with Crippen molar-refractivity contribution < 1.29 is 18.3 Å². The Bertz CT molecular complexity index is 995. The van der Waals surface area contributed by atoms with Crippen molar-refractivity contribution in [1.29, 1.82) is 0 Å². The molecule has 3 aromatic rings. The van der Waals surface area contributed by atoms with Crippen molar-refractivity contribution in [2.75, 3.05) is 17.7 Å². The summed E-state index contributed by atoms with van der Waals surface area (Å²) in [5.74, 6) is -0.915. The third kappa shape index (κ3) is 4.35. The first-order valence-electron chi connectivity index (χ1n) is 7.98. The number of para-hydroxylation sites is 2. The number of nitrogens with one attached hydrogen (secondary N) is 2. The van der Waals surface area contributed by atoms with Gasteiger partial charge >= 0.3 is 0 Å². The van der Waals surface area contributed by atoms with Crippen LogP contribution in [0.4, 0.5) is 26.0 Å². The van der Waals surface area contributed by atoms with Crippen LogP contribution in [0.3, 0.4) is 0 Å². The molecule has 3 rings (SSSR count). The number of aromatic nitrogens is 2. The summed E-state index contributed by atoms with van der Waals surface area (Å²) in [6.45, 7) is 1.60. The van der Waals surface area contributed by atoms with Gasteiger partial charge in [0.2, 0.25) is 0 Å². The van der Waals surface area contributed by atoms with Gasteiger partial charge in [0.1, 0.15) is 34.7 Å². The Kier molecular flexibility index (Phi) is 5.25. The number of aryl methyl sites for hydroxylation is 1. The lowest BCUT2D eigenvalue weighted by Gasteiger charge is -2.11. The van der Waals surface area contributed by atoms with Gasteiger partial charge in [0, 0.05) is 12.1 Å². The van der Waals surface area contributed by atoms with Crippen LogP contribution >= 0.6 is 0 Å². The van der Waals surface area contributed by atoms with Crippen molar-refractivity contribution in [3.8, 4) is 5.75 Å². The Morgan fingerprint density at radius 3 is 2.56 bits per heavy atom. The van der Waals surface area contributed by atoms with Crippen molar-refractivity contribution in [1.82, 2.24) is 9.97 Å². The molecule has 6 nitrogen and oxygen atoms in total. The van der Waals surface area contributed by atoms with E-state index in [0.29, 0.717) is 17.3 Å². The lowest BCUT2D eigenvalue weighted by Crippen LogP contribution is -2.16. The third-order valence-corrected chi connectivity index (χ3v) is 3.62. The molecule has 0 atom stereocenters. The topological polar surface area (TPSA) is 76.1 Å². The molecule has 0 bridgehead atoms. The summed E-state index contributed by atoms with van der Waals surface area (Å²) in [4.78, 5) is 20.8. The van der Waals surface area contributed by atoms with Crippen LogP contribution in [0.5, 0.6) is 5.75 Å². The van der Waals surface area contributed by atoms with Gasteiger partial charge in [-0.25, -0.2) is 18.7 Å². The number of benzene rings is 2. The van der Waals surface area contributed by atoms with E-state index >= 15 is 0 Å². The monoisotopic (exact) mass is 370 g/mol. The highest BCUT2D eigenvalue weighted by Gasteiger charge is 2.14. The molecule has 1 amide bonds. The highest BCUT2D eigenvalue weighted by Crippen LogP contribution is 2.24. The number of halogens is 2. The lowest BCUT2D eigenvalue weighted by atomic mass is 10.2. The Morgan fingerprint density at radius 1 is 1.04 bits per heavy atom. The molecule has 0 saturated carbocycles.